The Morgan fingerprint density at radius 1 is 1.27 bits per heavy atom. The lowest BCUT2D eigenvalue weighted by atomic mass is 10.1. The molecule has 0 saturated carbocycles. The van der Waals surface area contributed by atoms with Gasteiger partial charge in [0.25, 0.3) is 11.6 Å². The van der Waals surface area contributed by atoms with Crippen LogP contribution in [0, 0.1) is 17.0 Å². The summed E-state index contributed by atoms with van der Waals surface area (Å²) in [6.45, 7) is 4.70. The van der Waals surface area contributed by atoms with Gasteiger partial charge in [0, 0.05) is 24.2 Å². The van der Waals surface area contributed by atoms with Gasteiger partial charge in [0.05, 0.1) is 16.9 Å². The minimum absolute atomic E-state index is 0.00217. The Morgan fingerprint density at radius 3 is 2.70 bits per heavy atom. The molecule has 30 heavy (non-hydrogen) atoms. The quantitative estimate of drug-likeness (QED) is 0.256. The van der Waals surface area contributed by atoms with E-state index in [0.29, 0.717) is 17.3 Å². The maximum Gasteiger partial charge on any atom is 0.269 e. The maximum atomic E-state index is 12.1. The Balaban J connectivity index is 1.57. The summed E-state index contributed by atoms with van der Waals surface area (Å²) in [4.78, 5) is 22.3. The van der Waals surface area contributed by atoms with E-state index in [-0.39, 0.29) is 17.3 Å². The lowest BCUT2D eigenvalue weighted by molar-refractivity contribution is -0.384. The first-order valence-corrected chi connectivity index (χ1v) is 10.2. The molecule has 1 heterocycles. The van der Waals surface area contributed by atoms with Crippen LogP contribution in [0.2, 0.25) is 0 Å². The Labute approximate surface area is 177 Å². The van der Waals surface area contributed by atoms with E-state index in [4.69, 9.17) is 0 Å². The molecule has 0 unspecified atom stereocenters. The number of aromatic nitrogens is 3. The Kier molecular flexibility index (Phi) is 6.91. The van der Waals surface area contributed by atoms with E-state index >= 15 is 0 Å². The van der Waals surface area contributed by atoms with Gasteiger partial charge < -0.3 is 4.57 Å². The minimum Gasteiger partial charge on any atom is -0.302 e. The molecule has 9 nitrogen and oxygen atoms in total. The zero-order valence-corrected chi connectivity index (χ0v) is 17.3. The van der Waals surface area contributed by atoms with Crippen molar-refractivity contribution in [1.82, 2.24) is 20.2 Å². The second kappa shape index (κ2) is 9.79. The number of thioether (sulfide) groups is 1. The number of non-ortho nitro benzene ring substituents is 1. The number of nitro groups is 1. The van der Waals surface area contributed by atoms with Crippen LogP contribution in [0.25, 0.3) is 11.4 Å². The molecule has 0 aliphatic heterocycles. The molecule has 0 aliphatic rings. The normalized spacial score (nSPS) is 11.0. The first kappa shape index (κ1) is 21.2. The molecule has 154 valence electrons. The van der Waals surface area contributed by atoms with Crippen LogP contribution >= 0.6 is 11.8 Å². The molecule has 2 aromatic carbocycles. The van der Waals surface area contributed by atoms with Gasteiger partial charge in [0.1, 0.15) is 0 Å². The molecule has 0 radical (unpaired) electrons. The van der Waals surface area contributed by atoms with Crippen LogP contribution in [0.4, 0.5) is 5.69 Å². The van der Waals surface area contributed by atoms with Crippen LogP contribution < -0.4 is 5.43 Å². The van der Waals surface area contributed by atoms with E-state index in [1.807, 2.05) is 42.7 Å². The average molecular weight is 424 g/mol. The molecule has 0 atom stereocenters. The molecule has 3 rings (SSSR count). The first-order valence-electron chi connectivity index (χ1n) is 9.17. The van der Waals surface area contributed by atoms with Crippen LogP contribution in [-0.2, 0) is 11.3 Å². The van der Waals surface area contributed by atoms with E-state index in [0.717, 1.165) is 17.0 Å². The minimum atomic E-state index is -0.473. The SMILES string of the molecule is CCn1c(SCC(=O)N/N=C\c2ccc([N+](=O)[O-])cc2)nnc1-c1cccc(C)c1. The first-order chi connectivity index (χ1) is 14.5. The zero-order chi connectivity index (χ0) is 21.5. The van der Waals surface area contributed by atoms with E-state index in [2.05, 4.69) is 20.7 Å². The van der Waals surface area contributed by atoms with Gasteiger partial charge in [0.2, 0.25) is 0 Å². The molecule has 1 aromatic heterocycles. The van der Waals surface area contributed by atoms with Gasteiger partial charge in [0.15, 0.2) is 11.0 Å². The second-order valence-corrected chi connectivity index (χ2v) is 7.29. The van der Waals surface area contributed by atoms with Gasteiger partial charge in [-0.3, -0.25) is 14.9 Å². The summed E-state index contributed by atoms with van der Waals surface area (Å²) in [5, 5.41) is 23.7. The van der Waals surface area contributed by atoms with E-state index in [9.17, 15) is 14.9 Å². The van der Waals surface area contributed by atoms with Crippen molar-refractivity contribution in [2.24, 2.45) is 5.10 Å². The number of hydrogen-bond acceptors (Lipinski definition) is 7. The molecule has 0 saturated heterocycles. The van der Waals surface area contributed by atoms with Crippen molar-refractivity contribution in [3.8, 4) is 11.4 Å². The highest BCUT2D eigenvalue weighted by Gasteiger charge is 2.14. The molecule has 3 aromatic rings. The molecule has 10 heteroatoms. The fourth-order valence-corrected chi connectivity index (χ4v) is 3.50. The second-order valence-electron chi connectivity index (χ2n) is 6.35. The summed E-state index contributed by atoms with van der Waals surface area (Å²) in [5.74, 6) is 0.602. The van der Waals surface area contributed by atoms with Crippen molar-refractivity contribution < 1.29 is 9.72 Å². The van der Waals surface area contributed by atoms with Gasteiger partial charge in [-0.2, -0.15) is 5.10 Å². The Bertz CT molecular complexity index is 1080. The monoisotopic (exact) mass is 424 g/mol. The van der Waals surface area contributed by atoms with Gasteiger partial charge in [-0.1, -0.05) is 35.5 Å². The molecule has 0 spiro atoms. The number of benzene rings is 2. The number of amides is 1. The number of nitrogens with one attached hydrogen (secondary N) is 1. The van der Waals surface area contributed by atoms with Gasteiger partial charge in [-0.15, -0.1) is 10.2 Å². The molecular weight excluding hydrogens is 404 g/mol. The fourth-order valence-electron chi connectivity index (χ4n) is 2.70. The summed E-state index contributed by atoms with van der Waals surface area (Å²) in [7, 11) is 0. The van der Waals surface area contributed by atoms with Crippen LogP contribution in [0.5, 0.6) is 0 Å². The third kappa shape index (κ3) is 5.29. The highest BCUT2D eigenvalue weighted by atomic mass is 32.2. The summed E-state index contributed by atoms with van der Waals surface area (Å²) in [5.41, 5.74) is 5.20. The van der Waals surface area contributed by atoms with Gasteiger partial charge in [-0.25, -0.2) is 5.43 Å². The highest BCUT2D eigenvalue weighted by molar-refractivity contribution is 7.99. The van der Waals surface area contributed by atoms with Crippen LogP contribution in [0.3, 0.4) is 0 Å². The van der Waals surface area contributed by atoms with Crippen molar-refractivity contribution in [1.29, 1.82) is 0 Å². The lowest BCUT2D eigenvalue weighted by Gasteiger charge is -2.07. The summed E-state index contributed by atoms with van der Waals surface area (Å²) >= 11 is 1.28. The van der Waals surface area contributed by atoms with Crippen LogP contribution in [0.15, 0.2) is 58.8 Å². The number of carbonyl (C=O) groups excluding carboxylic acids is 1. The molecule has 0 bridgehead atoms. The third-order valence-electron chi connectivity index (χ3n) is 4.15. The van der Waals surface area contributed by atoms with E-state index < -0.39 is 4.92 Å². The maximum absolute atomic E-state index is 12.1. The van der Waals surface area contributed by atoms with Gasteiger partial charge in [-0.05, 0) is 37.6 Å². The smallest absolute Gasteiger partial charge is 0.269 e. The topological polar surface area (TPSA) is 115 Å². The zero-order valence-electron chi connectivity index (χ0n) is 16.5. The van der Waals surface area contributed by atoms with Crippen molar-refractivity contribution in [2.75, 3.05) is 5.75 Å². The molecular formula is C20H20N6O3S. The van der Waals surface area contributed by atoms with Crippen molar-refractivity contribution >= 4 is 29.6 Å². The number of nitrogens with zero attached hydrogens (tertiary/aromatic N) is 5. The third-order valence-corrected chi connectivity index (χ3v) is 5.12. The Morgan fingerprint density at radius 2 is 2.03 bits per heavy atom. The fraction of sp³-hybridized carbons (Fsp3) is 0.200. The van der Waals surface area contributed by atoms with Crippen molar-refractivity contribution in [3.63, 3.8) is 0 Å². The Hall–Kier alpha value is -3.53. The number of nitro benzene ring substituents is 1. The predicted molar refractivity (Wildman–Crippen MR) is 115 cm³/mol. The van der Waals surface area contributed by atoms with E-state index in [1.165, 1.54) is 30.1 Å². The number of hydrazone groups is 1. The largest absolute Gasteiger partial charge is 0.302 e. The van der Waals surface area contributed by atoms with Crippen molar-refractivity contribution in [2.45, 2.75) is 25.5 Å². The highest BCUT2D eigenvalue weighted by Crippen LogP contribution is 2.24. The number of carbonyl (C=O) groups is 1. The summed E-state index contributed by atoms with van der Waals surface area (Å²) < 4.78 is 1.97. The lowest BCUT2D eigenvalue weighted by Crippen LogP contribution is -2.20. The summed E-state index contributed by atoms with van der Waals surface area (Å²) in [6.07, 6.45) is 1.43. The molecule has 1 N–H and O–H groups in total. The van der Waals surface area contributed by atoms with Gasteiger partial charge >= 0.3 is 0 Å². The average Bonchev–Trinajstić information content (AvgIpc) is 3.15. The predicted octanol–water partition coefficient (Wildman–Crippen LogP) is 3.42. The number of aryl methyl sites for hydroxylation is 1. The van der Waals surface area contributed by atoms with Crippen LogP contribution in [-0.4, -0.2) is 37.6 Å². The standard InChI is InChI=1S/C20H20N6O3S/c1-3-25-19(16-6-4-5-14(2)11-16)23-24-20(25)30-13-18(27)22-21-12-15-7-9-17(10-8-15)26(28)29/h4-12H,3,13H2,1-2H3,(H,22,27)/b21-12-. The molecule has 0 fully saturated rings. The number of hydrogen-bond donors (Lipinski definition) is 1. The van der Waals surface area contributed by atoms with Crippen LogP contribution in [0.1, 0.15) is 18.1 Å². The van der Waals surface area contributed by atoms with Crippen molar-refractivity contribution in [3.05, 3.63) is 69.8 Å². The summed E-state index contributed by atoms with van der Waals surface area (Å²) in [6, 6.07) is 13.9. The number of rotatable bonds is 8. The molecule has 0 aliphatic carbocycles. The molecule has 1 amide bonds. The van der Waals surface area contributed by atoms with E-state index in [1.54, 1.807) is 12.1 Å².